The van der Waals surface area contributed by atoms with E-state index in [1.807, 2.05) is 0 Å². The van der Waals surface area contributed by atoms with E-state index in [0.29, 0.717) is 0 Å². The van der Waals surface area contributed by atoms with E-state index in [1.54, 1.807) is 0 Å². The lowest BCUT2D eigenvalue weighted by Gasteiger charge is -2.20. The van der Waals surface area contributed by atoms with Crippen LogP contribution in [0.5, 0.6) is 0 Å². The quantitative estimate of drug-likeness (QED) is 0.789. The van der Waals surface area contributed by atoms with Gasteiger partial charge < -0.3 is 4.90 Å². The van der Waals surface area contributed by atoms with Gasteiger partial charge in [0.1, 0.15) is 0 Å². The summed E-state index contributed by atoms with van der Waals surface area (Å²) < 4.78 is 0. The fourth-order valence-electron chi connectivity index (χ4n) is 2.40. The van der Waals surface area contributed by atoms with Gasteiger partial charge in [0.15, 0.2) is 0 Å². The molecule has 0 aromatic heterocycles. The molecule has 1 aromatic carbocycles. The van der Waals surface area contributed by atoms with Crippen LogP contribution >= 0.6 is 0 Å². The normalized spacial score (nSPS) is 19.2. The lowest BCUT2D eigenvalue weighted by Crippen LogP contribution is -2.28. The SMILES string of the molecule is CCc1ccc(CN2CCCN(C)CC2)cc1. The van der Waals surface area contributed by atoms with Crippen LogP contribution in [0.4, 0.5) is 0 Å². The van der Waals surface area contributed by atoms with Crippen molar-refractivity contribution in [2.75, 3.05) is 33.2 Å². The van der Waals surface area contributed by atoms with Crippen LogP contribution in [0.2, 0.25) is 0 Å². The number of hydrogen-bond donors (Lipinski definition) is 0. The summed E-state index contributed by atoms with van der Waals surface area (Å²) in [6, 6.07) is 9.10. The first-order valence-electron chi connectivity index (χ1n) is 6.76. The number of likely N-dealkylation sites (N-methyl/N-ethyl adjacent to an activating group) is 1. The van der Waals surface area contributed by atoms with Crippen molar-refractivity contribution in [1.29, 1.82) is 0 Å². The zero-order valence-corrected chi connectivity index (χ0v) is 11.2. The van der Waals surface area contributed by atoms with Gasteiger partial charge in [-0.25, -0.2) is 0 Å². The van der Waals surface area contributed by atoms with Crippen molar-refractivity contribution in [3.05, 3.63) is 35.4 Å². The Bertz CT molecular complexity index is 331. The molecule has 0 bridgehead atoms. The van der Waals surface area contributed by atoms with E-state index < -0.39 is 0 Å². The summed E-state index contributed by atoms with van der Waals surface area (Å²) in [4.78, 5) is 5.00. The lowest BCUT2D eigenvalue weighted by molar-refractivity contribution is 0.269. The minimum Gasteiger partial charge on any atom is -0.305 e. The van der Waals surface area contributed by atoms with Crippen LogP contribution in [0, 0.1) is 0 Å². The van der Waals surface area contributed by atoms with Crippen LogP contribution in [-0.4, -0.2) is 43.0 Å². The molecule has 2 rings (SSSR count). The van der Waals surface area contributed by atoms with E-state index in [4.69, 9.17) is 0 Å². The van der Waals surface area contributed by atoms with Gasteiger partial charge in [-0.2, -0.15) is 0 Å². The maximum atomic E-state index is 2.57. The second-order valence-corrected chi connectivity index (χ2v) is 5.10. The maximum Gasteiger partial charge on any atom is 0.0234 e. The summed E-state index contributed by atoms with van der Waals surface area (Å²) in [6.07, 6.45) is 2.43. The Morgan fingerprint density at radius 2 is 1.65 bits per heavy atom. The van der Waals surface area contributed by atoms with E-state index in [0.717, 1.165) is 13.0 Å². The Hall–Kier alpha value is -0.860. The molecule has 0 radical (unpaired) electrons. The average molecular weight is 232 g/mol. The standard InChI is InChI=1S/C15H24N2/c1-3-14-5-7-15(8-6-14)13-17-10-4-9-16(2)11-12-17/h5-8H,3-4,9-13H2,1-2H3. The number of nitrogens with zero attached hydrogens (tertiary/aromatic N) is 2. The molecule has 17 heavy (non-hydrogen) atoms. The van der Waals surface area contributed by atoms with Gasteiger partial charge in [0, 0.05) is 19.6 Å². The van der Waals surface area contributed by atoms with Crippen LogP contribution in [0.25, 0.3) is 0 Å². The molecule has 0 unspecified atom stereocenters. The van der Waals surface area contributed by atoms with E-state index >= 15 is 0 Å². The molecular weight excluding hydrogens is 208 g/mol. The second-order valence-electron chi connectivity index (χ2n) is 5.10. The van der Waals surface area contributed by atoms with Crippen molar-refractivity contribution in [2.24, 2.45) is 0 Å². The fraction of sp³-hybridized carbons (Fsp3) is 0.600. The Balaban J connectivity index is 1.90. The highest BCUT2D eigenvalue weighted by Gasteiger charge is 2.11. The van der Waals surface area contributed by atoms with Gasteiger partial charge in [-0.15, -0.1) is 0 Å². The molecular formula is C15H24N2. The first-order chi connectivity index (χ1) is 8.28. The van der Waals surface area contributed by atoms with Crippen LogP contribution < -0.4 is 0 Å². The van der Waals surface area contributed by atoms with Crippen LogP contribution in [0.15, 0.2) is 24.3 Å². The highest BCUT2D eigenvalue weighted by atomic mass is 15.2. The topological polar surface area (TPSA) is 6.48 Å². The molecule has 0 atom stereocenters. The van der Waals surface area contributed by atoms with E-state index in [2.05, 4.69) is 48.0 Å². The van der Waals surface area contributed by atoms with Crippen molar-refractivity contribution in [3.63, 3.8) is 0 Å². The lowest BCUT2D eigenvalue weighted by atomic mass is 10.1. The van der Waals surface area contributed by atoms with Crippen LogP contribution in [0.3, 0.4) is 0 Å². The Morgan fingerprint density at radius 3 is 2.35 bits per heavy atom. The summed E-state index contributed by atoms with van der Waals surface area (Å²) in [6.45, 7) is 8.20. The summed E-state index contributed by atoms with van der Waals surface area (Å²) in [7, 11) is 2.22. The molecule has 0 N–H and O–H groups in total. The molecule has 0 aliphatic carbocycles. The molecule has 1 aromatic rings. The molecule has 2 nitrogen and oxygen atoms in total. The zero-order chi connectivity index (χ0) is 12.1. The van der Waals surface area contributed by atoms with Crippen molar-refractivity contribution in [3.8, 4) is 0 Å². The highest BCUT2D eigenvalue weighted by Crippen LogP contribution is 2.10. The Morgan fingerprint density at radius 1 is 0.941 bits per heavy atom. The van der Waals surface area contributed by atoms with Gasteiger partial charge in [0.05, 0.1) is 0 Å². The average Bonchev–Trinajstić information content (AvgIpc) is 2.56. The van der Waals surface area contributed by atoms with Crippen molar-refractivity contribution in [1.82, 2.24) is 9.80 Å². The molecule has 1 fully saturated rings. The monoisotopic (exact) mass is 232 g/mol. The maximum absolute atomic E-state index is 2.57. The van der Waals surface area contributed by atoms with Gasteiger partial charge in [0.25, 0.3) is 0 Å². The van der Waals surface area contributed by atoms with Crippen LogP contribution in [0.1, 0.15) is 24.5 Å². The third-order valence-corrected chi connectivity index (χ3v) is 3.65. The number of rotatable bonds is 3. The molecule has 0 saturated carbocycles. The van der Waals surface area contributed by atoms with E-state index in [1.165, 1.54) is 43.7 Å². The third kappa shape index (κ3) is 3.83. The minimum atomic E-state index is 1.11. The van der Waals surface area contributed by atoms with Gasteiger partial charge >= 0.3 is 0 Å². The first-order valence-corrected chi connectivity index (χ1v) is 6.76. The summed E-state index contributed by atoms with van der Waals surface area (Å²) in [5.74, 6) is 0. The van der Waals surface area contributed by atoms with Gasteiger partial charge in [-0.05, 0) is 44.1 Å². The second kappa shape index (κ2) is 6.18. The highest BCUT2D eigenvalue weighted by molar-refractivity contribution is 5.22. The minimum absolute atomic E-state index is 1.11. The molecule has 1 heterocycles. The molecule has 0 spiro atoms. The zero-order valence-electron chi connectivity index (χ0n) is 11.2. The van der Waals surface area contributed by atoms with Crippen molar-refractivity contribution in [2.45, 2.75) is 26.3 Å². The molecule has 2 heteroatoms. The molecule has 1 aliphatic heterocycles. The molecule has 1 saturated heterocycles. The third-order valence-electron chi connectivity index (χ3n) is 3.65. The Kier molecular flexibility index (Phi) is 4.57. The van der Waals surface area contributed by atoms with Gasteiger partial charge in [-0.3, -0.25) is 4.90 Å². The molecule has 94 valence electrons. The van der Waals surface area contributed by atoms with Crippen molar-refractivity contribution < 1.29 is 0 Å². The smallest absolute Gasteiger partial charge is 0.0234 e. The number of hydrogen-bond acceptors (Lipinski definition) is 2. The Labute approximate surface area is 105 Å². The van der Waals surface area contributed by atoms with Gasteiger partial charge in [-0.1, -0.05) is 31.2 Å². The molecule has 0 amide bonds. The largest absolute Gasteiger partial charge is 0.305 e. The van der Waals surface area contributed by atoms with Crippen molar-refractivity contribution >= 4 is 0 Å². The van der Waals surface area contributed by atoms with Gasteiger partial charge in [0.2, 0.25) is 0 Å². The predicted molar refractivity (Wildman–Crippen MR) is 73.2 cm³/mol. The first kappa shape index (κ1) is 12.6. The van der Waals surface area contributed by atoms with E-state index in [9.17, 15) is 0 Å². The fourth-order valence-corrected chi connectivity index (χ4v) is 2.40. The summed E-state index contributed by atoms with van der Waals surface area (Å²) in [5, 5.41) is 0. The molecule has 1 aliphatic rings. The number of aryl methyl sites for hydroxylation is 1. The summed E-state index contributed by atoms with van der Waals surface area (Å²) >= 11 is 0. The predicted octanol–water partition coefficient (Wildman–Crippen LogP) is 2.39. The van der Waals surface area contributed by atoms with Crippen LogP contribution in [-0.2, 0) is 13.0 Å². The summed E-state index contributed by atoms with van der Waals surface area (Å²) in [5.41, 5.74) is 2.89. The van der Waals surface area contributed by atoms with E-state index in [-0.39, 0.29) is 0 Å². The number of benzene rings is 1.